The van der Waals surface area contributed by atoms with Gasteiger partial charge in [-0.3, -0.25) is 15.0 Å². The molecule has 0 aliphatic heterocycles. The Morgan fingerprint density at radius 3 is 2.48 bits per heavy atom. The number of hydrogen-bond acceptors (Lipinski definition) is 5. The lowest BCUT2D eigenvalue weighted by atomic mass is 10.1. The molecule has 4 nitrogen and oxygen atoms in total. The van der Waals surface area contributed by atoms with Gasteiger partial charge in [0.05, 0.1) is 5.70 Å². The Labute approximate surface area is 156 Å². The van der Waals surface area contributed by atoms with E-state index in [1.165, 1.54) is 11.1 Å². The van der Waals surface area contributed by atoms with Crippen molar-refractivity contribution < 1.29 is 0 Å². The van der Waals surface area contributed by atoms with Gasteiger partial charge in [-0.25, -0.2) is 0 Å². The number of nitrogens with zero attached hydrogens (tertiary/aromatic N) is 3. The smallest absolute Gasteiger partial charge is 0.116 e. The highest BCUT2D eigenvalue weighted by Gasteiger charge is 2.06. The molecule has 136 valence electrons. The van der Waals surface area contributed by atoms with Crippen LogP contribution in [0.4, 0.5) is 5.69 Å². The van der Waals surface area contributed by atoms with Gasteiger partial charge >= 0.3 is 0 Å². The fourth-order valence-electron chi connectivity index (χ4n) is 2.19. The van der Waals surface area contributed by atoms with Gasteiger partial charge in [0.1, 0.15) is 11.7 Å². The van der Waals surface area contributed by atoms with Crippen LogP contribution in [0.2, 0.25) is 0 Å². The van der Waals surface area contributed by atoms with Crippen LogP contribution in [0.1, 0.15) is 38.3 Å². The number of hydrogen-bond donors (Lipinski definition) is 1. The molecular formula is C20H30N4S. The molecule has 0 aromatic heterocycles. The van der Waals surface area contributed by atoms with Crippen LogP contribution in [0.15, 0.2) is 44.9 Å². The van der Waals surface area contributed by atoms with Crippen molar-refractivity contribution in [1.82, 2.24) is 0 Å². The largest absolute Gasteiger partial charge is 0.366 e. The van der Waals surface area contributed by atoms with E-state index < -0.39 is 0 Å². The van der Waals surface area contributed by atoms with Gasteiger partial charge in [0.25, 0.3) is 0 Å². The highest BCUT2D eigenvalue weighted by atomic mass is 32.2. The maximum atomic E-state index is 4.65. The third-order valence-electron chi connectivity index (χ3n) is 3.14. The first-order valence-corrected chi connectivity index (χ1v) is 9.64. The molecule has 1 aromatic carbocycles. The number of thioether (sulfide) groups is 1. The van der Waals surface area contributed by atoms with Crippen molar-refractivity contribution in [1.29, 1.82) is 0 Å². The first-order chi connectivity index (χ1) is 12.0. The van der Waals surface area contributed by atoms with Crippen molar-refractivity contribution in [2.24, 2.45) is 15.0 Å². The Morgan fingerprint density at radius 1 is 1.24 bits per heavy atom. The molecule has 0 aliphatic rings. The molecule has 0 atom stereocenters. The van der Waals surface area contributed by atoms with Gasteiger partial charge in [0.2, 0.25) is 0 Å². The summed E-state index contributed by atoms with van der Waals surface area (Å²) in [6, 6.07) is 6.61. The number of anilines is 1. The van der Waals surface area contributed by atoms with Gasteiger partial charge in [-0.2, -0.15) is 0 Å². The van der Waals surface area contributed by atoms with Crippen LogP contribution in [0.5, 0.6) is 0 Å². The van der Waals surface area contributed by atoms with Crippen LogP contribution in [-0.4, -0.2) is 36.4 Å². The monoisotopic (exact) mass is 358 g/mol. The summed E-state index contributed by atoms with van der Waals surface area (Å²) in [6.07, 6.45) is 4.74. The van der Waals surface area contributed by atoms with Crippen LogP contribution < -0.4 is 5.32 Å². The van der Waals surface area contributed by atoms with Crippen molar-refractivity contribution in [2.45, 2.75) is 47.1 Å². The molecule has 25 heavy (non-hydrogen) atoms. The van der Waals surface area contributed by atoms with Crippen molar-refractivity contribution in [2.75, 3.05) is 17.7 Å². The third-order valence-corrected chi connectivity index (χ3v) is 4.34. The summed E-state index contributed by atoms with van der Waals surface area (Å²) in [6.45, 7) is 14.7. The summed E-state index contributed by atoms with van der Waals surface area (Å²) < 4.78 is 0. The molecule has 1 aromatic rings. The van der Waals surface area contributed by atoms with E-state index in [0.29, 0.717) is 6.67 Å². The lowest BCUT2D eigenvalue weighted by Crippen LogP contribution is -2.03. The topological polar surface area (TPSA) is 49.1 Å². The van der Waals surface area contributed by atoms with Gasteiger partial charge in [-0.15, -0.1) is 11.8 Å². The zero-order valence-corrected chi connectivity index (χ0v) is 16.9. The number of rotatable bonds is 9. The van der Waals surface area contributed by atoms with E-state index in [0.717, 1.165) is 28.6 Å². The maximum Gasteiger partial charge on any atom is 0.116 e. The minimum atomic E-state index is 0.229. The molecule has 0 spiro atoms. The third kappa shape index (κ3) is 8.68. The van der Waals surface area contributed by atoms with Gasteiger partial charge < -0.3 is 5.32 Å². The quantitative estimate of drug-likeness (QED) is 0.482. The number of nitrogens with one attached hydrogen (secondary N) is 1. The molecule has 1 rings (SSSR count). The average molecular weight is 359 g/mol. The Balaban J connectivity index is 2.70. The van der Waals surface area contributed by atoms with Crippen LogP contribution in [0.25, 0.3) is 0 Å². The lowest BCUT2D eigenvalue weighted by molar-refractivity contribution is 0.839. The molecule has 0 saturated heterocycles. The number of allylic oxidation sites excluding steroid dienone is 1. The average Bonchev–Trinajstić information content (AvgIpc) is 2.54. The summed E-state index contributed by atoms with van der Waals surface area (Å²) in [4.78, 5) is 13.2. The molecule has 5 heteroatoms. The summed E-state index contributed by atoms with van der Waals surface area (Å²) in [5.41, 5.74) is 4.35. The second kappa shape index (κ2) is 11.6. The van der Waals surface area contributed by atoms with Crippen molar-refractivity contribution in [3.63, 3.8) is 0 Å². The van der Waals surface area contributed by atoms with Gasteiger partial charge in [-0.1, -0.05) is 13.0 Å². The molecule has 0 radical (unpaired) electrons. The Kier molecular flexibility index (Phi) is 9.85. The lowest BCUT2D eigenvalue weighted by Gasteiger charge is -2.07. The zero-order chi connectivity index (χ0) is 18.7. The molecule has 0 saturated carbocycles. The Morgan fingerprint density at radius 2 is 1.92 bits per heavy atom. The first kappa shape index (κ1) is 21.2. The Hall–Kier alpha value is -1.88. The van der Waals surface area contributed by atoms with Crippen LogP contribution in [-0.2, 0) is 0 Å². The highest BCUT2D eigenvalue weighted by Crippen LogP contribution is 2.16. The maximum absolute atomic E-state index is 4.65. The predicted octanol–water partition coefficient (Wildman–Crippen LogP) is 5.28. The molecule has 0 heterocycles. The summed E-state index contributed by atoms with van der Waals surface area (Å²) in [7, 11) is 0. The van der Waals surface area contributed by atoms with Gasteiger partial charge in [0, 0.05) is 17.9 Å². The van der Waals surface area contributed by atoms with E-state index in [-0.39, 0.29) is 6.04 Å². The summed E-state index contributed by atoms with van der Waals surface area (Å²) in [5, 5.41) is 4.24. The molecule has 0 unspecified atom stereocenters. The molecular weight excluding hydrogens is 328 g/mol. The normalized spacial score (nSPS) is 12.9. The SMILES string of the molecule is C=N/C(=C\C=N/CNc1cc(C)cc(C)c1)C(=NC(C)C)SCCC. The number of aliphatic imine (C=N–C) groups is 3. The minimum Gasteiger partial charge on any atom is -0.366 e. The van der Waals surface area contributed by atoms with Crippen LogP contribution >= 0.6 is 11.8 Å². The summed E-state index contributed by atoms with van der Waals surface area (Å²) >= 11 is 1.72. The molecule has 0 aliphatic carbocycles. The summed E-state index contributed by atoms with van der Waals surface area (Å²) in [5.74, 6) is 1.02. The fraction of sp³-hybridized carbons (Fsp3) is 0.450. The van der Waals surface area contributed by atoms with E-state index in [2.05, 4.69) is 79.8 Å². The Bertz CT molecular complexity index is 625. The molecule has 0 bridgehead atoms. The number of aryl methyl sites for hydroxylation is 2. The number of benzene rings is 1. The van der Waals surface area contributed by atoms with Crippen molar-refractivity contribution in [3.8, 4) is 0 Å². The fourth-order valence-corrected chi connectivity index (χ4v) is 3.16. The first-order valence-electron chi connectivity index (χ1n) is 8.66. The van der Waals surface area contributed by atoms with Crippen molar-refractivity contribution in [3.05, 3.63) is 41.1 Å². The standard InChI is InChI=1S/C20H30N4S/c1-7-10-25-20(24-15(2)3)19(21-6)8-9-22-14-23-18-12-16(4)11-17(5)13-18/h8-9,11-13,15,23H,6-7,10,14H2,1-5H3/b19-8-,22-9-,24-20?. The van der Waals surface area contributed by atoms with E-state index in [1.54, 1.807) is 18.0 Å². The van der Waals surface area contributed by atoms with Gasteiger partial charge in [0.15, 0.2) is 0 Å². The van der Waals surface area contributed by atoms with E-state index >= 15 is 0 Å². The van der Waals surface area contributed by atoms with Gasteiger partial charge in [-0.05, 0) is 75.9 Å². The zero-order valence-electron chi connectivity index (χ0n) is 16.0. The molecule has 0 amide bonds. The van der Waals surface area contributed by atoms with Crippen LogP contribution in [0.3, 0.4) is 0 Å². The van der Waals surface area contributed by atoms with Crippen molar-refractivity contribution >= 4 is 35.4 Å². The minimum absolute atomic E-state index is 0.229. The molecule has 0 fully saturated rings. The van der Waals surface area contributed by atoms with E-state index in [1.807, 2.05) is 6.08 Å². The van der Waals surface area contributed by atoms with E-state index in [4.69, 9.17) is 0 Å². The van der Waals surface area contributed by atoms with E-state index in [9.17, 15) is 0 Å². The molecule has 1 N–H and O–H groups in total. The van der Waals surface area contributed by atoms with Crippen LogP contribution in [0, 0.1) is 13.8 Å². The predicted molar refractivity (Wildman–Crippen MR) is 116 cm³/mol. The second-order valence-electron chi connectivity index (χ2n) is 6.13. The second-order valence-corrected chi connectivity index (χ2v) is 7.21. The highest BCUT2D eigenvalue weighted by molar-refractivity contribution is 8.14.